The van der Waals surface area contributed by atoms with Crippen molar-refractivity contribution in [2.24, 2.45) is 11.7 Å². The van der Waals surface area contributed by atoms with Crippen LogP contribution < -0.4 is 5.73 Å². The van der Waals surface area contributed by atoms with E-state index in [1.54, 1.807) is 11.3 Å². The van der Waals surface area contributed by atoms with Crippen molar-refractivity contribution >= 4 is 11.3 Å². The molecule has 0 aromatic carbocycles. The second-order valence-corrected chi connectivity index (χ2v) is 4.86. The third-order valence-corrected chi connectivity index (χ3v) is 3.45. The molecule has 0 aliphatic heterocycles. The van der Waals surface area contributed by atoms with Crippen molar-refractivity contribution in [2.75, 3.05) is 6.54 Å². The molecule has 2 aromatic heterocycles. The number of aromatic nitrogens is 4. The summed E-state index contributed by atoms with van der Waals surface area (Å²) >= 11 is 1.57. The van der Waals surface area contributed by atoms with Crippen molar-refractivity contribution < 1.29 is 0 Å². The van der Waals surface area contributed by atoms with E-state index in [4.69, 9.17) is 5.73 Å². The Kier molecular flexibility index (Phi) is 3.31. The molecule has 2 heterocycles. The average molecular weight is 237 g/mol. The lowest BCUT2D eigenvalue weighted by Crippen LogP contribution is -2.18. The molecule has 0 bridgehead atoms. The summed E-state index contributed by atoms with van der Waals surface area (Å²) in [6.07, 6.45) is 1.49. The fourth-order valence-corrected chi connectivity index (χ4v) is 2.44. The zero-order valence-corrected chi connectivity index (χ0v) is 10.2. The highest BCUT2D eigenvalue weighted by Crippen LogP contribution is 2.27. The number of rotatable bonds is 4. The number of hydrogen-bond donors (Lipinski definition) is 2. The smallest absolute Gasteiger partial charge is 0.184 e. The van der Waals surface area contributed by atoms with Gasteiger partial charge in [0.15, 0.2) is 10.8 Å². The summed E-state index contributed by atoms with van der Waals surface area (Å²) in [4.78, 5) is 8.63. The molecule has 0 spiro atoms. The molecule has 3 N–H and O–H groups in total. The van der Waals surface area contributed by atoms with Crippen LogP contribution in [-0.2, 0) is 0 Å². The molecular formula is C10H15N5S. The van der Waals surface area contributed by atoms with E-state index in [1.807, 2.05) is 0 Å². The highest BCUT2D eigenvalue weighted by atomic mass is 32.1. The summed E-state index contributed by atoms with van der Waals surface area (Å²) in [5, 5.41) is 9.54. The molecule has 1 unspecified atom stereocenters. The van der Waals surface area contributed by atoms with E-state index >= 15 is 0 Å². The van der Waals surface area contributed by atoms with Crippen LogP contribution in [0.2, 0.25) is 0 Å². The molecule has 0 aliphatic carbocycles. The third kappa shape index (κ3) is 2.12. The predicted molar refractivity (Wildman–Crippen MR) is 64.1 cm³/mol. The first-order chi connectivity index (χ1) is 7.72. The van der Waals surface area contributed by atoms with Crippen molar-refractivity contribution in [3.05, 3.63) is 17.4 Å². The summed E-state index contributed by atoms with van der Waals surface area (Å²) in [5.41, 5.74) is 6.81. The molecule has 86 valence electrons. The summed E-state index contributed by atoms with van der Waals surface area (Å²) in [5.74, 6) is 1.53. The Bertz CT molecular complexity index is 434. The van der Waals surface area contributed by atoms with Gasteiger partial charge in [-0.1, -0.05) is 13.8 Å². The van der Waals surface area contributed by atoms with Gasteiger partial charge in [-0.2, -0.15) is 5.10 Å². The van der Waals surface area contributed by atoms with Crippen molar-refractivity contribution in [3.63, 3.8) is 0 Å². The van der Waals surface area contributed by atoms with E-state index in [0.717, 1.165) is 16.5 Å². The number of hydrogen-bond acceptors (Lipinski definition) is 5. The molecule has 0 saturated carbocycles. The van der Waals surface area contributed by atoms with E-state index in [9.17, 15) is 0 Å². The minimum atomic E-state index is 0.313. The van der Waals surface area contributed by atoms with Crippen LogP contribution in [-0.4, -0.2) is 26.7 Å². The maximum Gasteiger partial charge on any atom is 0.184 e. The zero-order chi connectivity index (χ0) is 11.5. The SMILES string of the molecule is CC(C)C(CN)c1csc(-c2ncn[nH]2)n1. The Balaban J connectivity index is 2.25. The van der Waals surface area contributed by atoms with Crippen LogP contribution in [0.15, 0.2) is 11.7 Å². The number of nitrogens with zero attached hydrogens (tertiary/aromatic N) is 3. The first-order valence-corrected chi connectivity index (χ1v) is 6.11. The fourth-order valence-electron chi connectivity index (χ4n) is 1.61. The summed E-state index contributed by atoms with van der Waals surface area (Å²) in [6, 6.07) is 0. The highest BCUT2D eigenvalue weighted by molar-refractivity contribution is 7.13. The Morgan fingerprint density at radius 2 is 2.31 bits per heavy atom. The Morgan fingerprint density at radius 3 is 2.88 bits per heavy atom. The molecule has 0 saturated heterocycles. The first-order valence-electron chi connectivity index (χ1n) is 5.23. The van der Waals surface area contributed by atoms with Gasteiger partial charge in [-0.05, 0) is 5.92 Å². The predicted octanol–water partition coefficient (Wildman–Crippen LogP) is 1.63. The summed E-state index contributed by atoms with van der Waals surface area (Å²) in [6.45, 7) is 4.94. The molecule has 16 heavy (non-hydrogen) atoms. The lowest BCUT2D eigenvalue weighted by Gasteiger charge is -2.15. The van der Waals surface area contributed by atoms with Gasteiger partial charge >= 0.3 is 0 Å². The molecule has 2 rings (SSSR count). The van der Waals surface area contributed by atoms with Crippen LogP contribution in [0.5, 0.6) is 0 Å². The van der Waals surface area contributed by atoms with Gasteiger partial charge in [0, 0.05) is 17.8 Å². The quantitative estimate of drug-likeness (QED) is 0.846. The van der Waals surface area contributed by atoms with Crippen LogP contribution in [0.3, 0.4) is 0 Å². The van der Waals surface area contributed by atoms with E-state index in [2.05, 4.69) is 39.4 Å². The normalized spacial score (nSPS) is 13.2. The maximum atomic E-state index is 5.76. The standard InChI is InChI=1S/C10H15N5S/c1-6(2)7(3-11)8-4-16-10(14-8)9-12-5-13-15-9/h4-7H,3,11H2,1-2H3,(H,12,13,15). The Hall–Kier alpha value is -1.27. The summed E-state index contributed by atoms with van der Waals surface area (Å²) < 4.78 is 0. The minimum absolute atomic E-state index is 0.313. The van der Waals surface area contributed by atoms with E-state index in [1.165, 1.54) is 6.33 Å². The van der Waals surface area contributed by atoms with Gasteiger partial charge in [-0.25, -0.2) is 9.97 Å². The Labute approximate surface area is 98.1 Å². The van der Waals surface area contributed by atoms with Crippen LogP contribution >= 0.6 is 11.3 Å². The largest absolute Gasteiger partial charge is 0.330 e. The average Bonchev–Trinajstić information content (AvgIpc) is 2.86. The van der Waals surface area contributed by atoms with Gasteiger partial charge in [0.05, 0.1) is 5.69 Å². The first kappa shape index (κ1) is 11.2. The lowest BCUT2D eigenvalue weighted by atomic mass is 9.93. The second kappa shape index (κ2) is 4.71. The van der Waals surface area contributed by atoms with E-state index in [0.29, 0.717) is 18.4 Å². The molecule has 1 atom stereocenters. The highest BCUT2D eigenvalue weighted by Gasteiger charge is 2.18. The molecular weight excluding hydrogens is 222 g/mol. The van der Waals surface area contributed by atoms with Crippen LogP contribution in [0.1, 0.15) is 25.5 Å². The number of H-pyrrole nitrogens is 1. The Morgan fingerprint density at radius 1 is 1.50 bits per heavy atom. The van der Waals surface area contributed by atoms with E-state index < -0.39 is 0 Å². The summed E-state index contributed by atoms with van der Waals surface area (Å²) in [7, 11) is 0. The van der Waals surface area contributed by atoms with Gasteiger partial charge in [0.2, 0.25) is 0 Å². The van der Waals surface area contributed by atoms with Gasteiger partial charge in [0.1, 0.15) is 6.33 Å². The van der Waals surface area contributed by atoms with Crippen molar-refractivity contribution in [1.29, 1.82) is 0 Å². The molecule has 0 amide bonds. The van der Waals surface area contributed by atoms with Crippen LogP contribution in [0.4, 0.5) is 0 Å². The number of thiazole rings is 1. The topological polar surface area (TPSA) is 80.5 Å². The number of aromatic amines is 1. The fraction of sp³-hybridized carbons (Fsp3) is 0.500. The van der Waals surface area contributed by atoms with E-state index in [-0.39, 0.29) is 0 Å². The molecule has 2 aromatic rings. The molecule has 6 heteroatoms. The van der Waals surface area contributed by atoms with Crippen LogP contribution in [0.25, 0.3) is 10.8 Å². The van der Waals surface area contributed by atoms with Crippen molar-refractivity contribution in [2.45, 2.75) is 19.8 Å². The van der Waals surface area contributed by atoms with Crippen molar-refractivity contribution in [1.82, 2.24) is 20.2 Å². The molecule has 0 radical (unpaired) electrons. The maximum absolute atomic E-state index is 5.76. The minimum Gasteiger partial charge on any atom is -0.330 e. The van der Waals surface area contributed by atoms with Gasteiger partial charge in [-0.3, -0.25) is 5.10 Å². The van der Waals surface area contributed by atoms with Crippen molar-refractivity contribution in [3.8, 4) is 10.8 Å². The molecule has 0 aliphatic rings. The molecule has 0 fully saturated rings. The third-order valence-electron chi connectivity index (χ3n) is 2.58. The second-order valence-electron chi connectivity index (χ2n) is 4.00. The van der Waals surface area contributed by atoms with Gasteiger partial charge in [-0.15, -0.1) is 11.3 Å². The number of nitrogens with one attached hydrogen (secondary N) is 1. The van der Waals surface area contributed by atoms with Gasteiger partial charge < -0.3 is 5.73 Å². The van der Waals surface area contributed by atoms with Gasteiger partial charge in [0.25, 0.3) is 0 Å². The molecule has 5 nitrogen and oxygen atoms in total. The zero-order valence-electron chi connectivity index (χ0n) is 9.34. The number of nitrogens with two attached hydrogens (primary N) is 1. The monoisotopic (exact) mass is 237 g/mol. The lowest BCUT2D eigenvalue weighted by molar-refractivity contribution is 0.498. The van der Waals surface area contributed by atoms with Crippen LogP contribution in [0, 0.1) is 5.92 Å².